The van der Waals surface area contributed by atoms with Crippen molar-refractivity contribution in [3.8, 4) is 0 Å². The second-order valence-corrected chi connectivity index (χ2v) is 4.95. The number of pyridine rings is 1. The smallest absolute Gasteiger partial charge is 0.356 e. The first-order valence-electron chi connectivity index (χ1n) is 5.59. The van der Waals surface area contributed by atoms with E-state index in [1.165, 1.54) is 0 Å². The highest BCUT2D eigenvalue weighted by atomic mass is 32.2. The number of nitrogens with zero attached hydrogens (tertiary/aromatic N) is 2. The Morgan fingerprint density at radius 1 is 1.61 bits per heavy atom. The molecule has 1 unspecified atom stereocenters. The van der Waals surface area contributed by atoms with E-state index in [1.54, 1.807) is 34.5 Å². The molecule has 0 amide bonds. The van der Waals surface area contributed by atoms with Crippen molar-refractivity contribution in [2.45, 2.75) is 13.0 Å². The Morgan fingerprint density at radius 2 is 2.39 bits per heavy atom. The van der Waals surface area contributed by atoms with E-state index in [-0.39, 0.29) is 11.7 Å². The van der Waals surface area contributed by atoms with Crippen LogP contribution in [-0.2, 0) is 0 Å². The molecule has 2 aromatic rings. The molecule has 0 fully saturated rings. The molecular formula is C12H15N3O2S. The molecule has 5 nitrogen and oxygen atoms in total. The molecule has 0 bridgehead atoms. The number of hydrogen-bond acceptors (Lipinski definition) is 4. The summed E-state index contributed by atoms with van der Waals surface area (Å²) in [6.07, 6.45) is 3.72. The third-order valence-corrected chi connectivity index (χ3v) is 3.37. The van der Waals surface area contributed by atoms with Crippen molar-refractivity contribution < 1.29 is 9.90 Å². The number of carboxylic acids is 1. The molecule has 0 aliphatic heterocycles. The summed E-state index contributed by atoms with van der Waals surface area (Å²) >= 11 is 1.71. The van der Waals surface area contributed by atoms with Crippen LogP contribution in [0.15, 0.2) is 24.4 Å². The van der Waals surface area contributed by atoms with Crippen molar-refractivity contribution >= 4 is 29.2 Å². The lowest BCUT2D eigenvalue weighted by atomic mass is 10.3. The van der Waals surface area contributed by atoms with Gasteiger partial charge < -0.3 is 10.4 Å². The van der Waals surface area contributed by atoms with Crippen molar-refractivity contribution in [1.29, 1.82) is 0 Å². The summed E-state index contributed by atoms with van der Waals surface area (Å²) in [6.45, 7) is 2.01. The van der Waals surface area contributed by atoms with E-state index in [4.69, 9.17) is 0 Å². The van der Waals surface area contributed by atoms with Gasteiger partial charge in [0, 0.05) is 18.0 Å². The number of imidazole rings is 1. The number of aromatic carboxylic acids is 1. The predicted molar refractivity (Wildman–Crippen MR) is 73.6 cm³/mol. The number of aromatic nitrogens is 2. The van der Waals surface area contributed by atoms with Gasteiger partial charge in [0.15, 0.2) is 11.5 Å². The summed E-state index contributed by atoms with van der Waals surface area (Å²) in [6, 6.07) is 5.58. The van der Waals surface area contributed by atoms with Crippen LogP contribution >= 0.6 is 11.8 Å². The zero-order valence-electron chi connectivity index (χ0n) is 10.3. The fourth-order valence-corrected chi connectivity index (χ4v) is 2.41. The van der Waals surface area contributed by atoms with Crippen molar-refractivity contribution in [1.82, 2.24) is 9.38 Å². The third kappa shape index (κ3) is 2.43. The fourth-order valence-electron chi connectivity index (χ4n) is 1.83. The van der Waals surface area contributed by atoms with Gasteiger partial charge in [-0.25, -0.2) is 9.78 Å². The molecule has 1 atom stereocenters. The number of carboxylic acid groups (broad SMARTS) is 1. The first-order valence-corrected chi connectivity index (χ1v) is 6.98. The Balaban J connectivity index is 2.43. The normalized spacial score (nSPS) is 12.6. The number of carbonyl (C=O) groups is 1. The maximum Gasteiger partial charge on any atom is 0.356 e. The molecule has 0 aromatic carbocycles. The first-order chi connectivity index (χ1) is 8.63. The van der Waals surface area contributed by atoms with Crippen molar-refractivity contribution in [2.24, 2.45) is 0 Å². The van der Waals surface area contributed by atoms with E-state index in [0.29, 0.717) is 11.5 Å². The molecule has 0 saturated carbocycles. The molecular weight excluding hydrogens is 250 g/mol. The number of anilines is 1. The second-order valence-electron chi connectivity index (χ2n) is 4.04. The van der Waals surface area contributed by atoms with Crippen LogP contribution in [0.4, 0.5) is 5.82 Å². The molecule has 2 aromatic heterocycles. The van der Waals surface area contributed by atoms with E-state index in [2.05, 4.69) is 10.3 Å². The SMILES string of the molecule is CSCC(C)Nc1nc2ccccn2c1C(=O)O. The lowest BCUT2D eigenvalue weighted by Crippen LogP contribution is -2.20. The minimum atomic E-state index is -0.979. The highest BCUT2D eigenvalue weighted by Gasteiger charge is 2.19. The van der Waals surface area contributed by atoms with E-state index in [1.807, 2.05) is 19.2 Å². The number of nitrogens with one attached hydrogen (secondary N) is 1. The number of fused-ring (bicyclic) bond motifs is 1. The largest absolute Gasteiger partial charge is 0.476 e. The summed E-state index contributed by atoms with van der Waals surface area (Å²) in [5, 5.41) is 12.4. The molecule has 2 rings (SSSR count). The molecule has 0 radical (unpaired) electrons. The molecule has 2 N–H and O–H groups in total. The highest BCUT2D eigenvalue weighted by Crippen LogP contribution is 2.19. The Labute approximate surface area is 109 Å². The lowest BCUT2D eigenvalue weighted by Gasteiger charge is -2.11. The summed E-state index contributed by atoms with van der Waals surface area (Å²) in [7, 11) is 0. The van der Waals surface area contributed by atoms with Gasteiger partial charge in [0.2, 0.25) is 0 Å². The fraction of sp³-hybridized carbons (Fsp3) is 0.333. The van der Waals surface area contributed by atoms with Crippen LogP contribution in [0.3, 0.4) is 0 Å². The summed E-state index contributed by atoms with van der Waals surface area (Å²) in [5.74, 6) is 0.343. The number of thioether (sulfide) groups is 1. The van der Waals surface area contributed by atoms with Crippen molar-refractivity contribution in [2.75, 3.05) is 17.3 Å². The van der Waals surface area contributed by atoms with Gasteiger partial charge in [-0.3, -0.25) is 4.40 Å². The maximum atomic E-state index is 11.3. The standard InChI is InChI=1S/C12H15N3O2S/c1-8(7-18-2)13-11-10(12(16)17)15-6-4-3-5-9(15)14-11/h3-6,8,13H,7H2,1-2H3,(H,16,17). The van der Waals surface area contributed by atoms with Crippen LogP contribution < -0.4 is 5.32 Å². The van der Waals surface area contributed by atoms with Gasteiger partial charge in [0.25, 0.3) is 0 Å². The summed E-state index contributed by atoms with van der Waals surface area (Å²) < 4.78 is 1.58. The third-order valence-electron chi connectivity index (χ3n) is 2.53. The molecule has 0 saturated heterocycles. The number of hydrogen-bond donors (Lipinski definition) is 2. The van der Waals surface area contributed by atoms with Crippen LogP contribution in [0.2, 0.25) is 0 Å². The van der Waals surface area contributed by atoms with Gasteiger partial charge in [-0.15, -0.1) is 0 Å². The Kier molecular flexibility index (Phi) is 3.76. The minimum absolute atomic E-state index is 0.169. The lowest BCUT2D eigenvalue weighted by molar-refractivity contribution is 0.0690. The van der Waals surface area contributed by atoms with Crippen molar-refractivity contribution in [3.63, 3.8) is 0 Å². The zero-order valence-corrected chi connectivity index (χ0v) is 11.1. The van der Waals surface area contributed by atoms with E-state index < -0.39 is 5.97 Å². The molecule has 96 valence electrons. The van der Waals surface area contributed by atoms with Gasteiger partial charge in [0.05, 0.1) is 0 Å². The Morgan fingerprint density at radius 3 is 3.06 bits per heavy atom. The van der Waals surface area contributed by atoms with Gasteiger partial charge in [-0.1, -0.05) is 6.07 Å². The van der Waals surface area contributed by atoms with Crippen LogP contribution in [0.1, 0.15) is 17.4 Å². The second kappa shape index (κ2) is 5.30. The average Bonchev–Trinajstić information content (AvgIpc) is 2.66. The van der Waals surface area contributed by atoms with Gasteiger partial charge in [0.1, 0.15) is 5.65 Å². The molecule has 18 heavy (non-hydrogen) atoms. The van der Waals surface area contributed by atoms with Crippen LogP contribution in [0, 0.1) is 0 Å². The van der Waals surface area contributed by atoms with Crippen molar-refractivity contribution in [3.05, 3.63) is 30.1 Å². The van der Waals surface area contributed by atoms with E-state index in [9.17, 15) is 9.90 Å². The molecule has 0 aliphatic carbocycles. The van der Waals surface area contributed by atoms with Crippen LogP contribution in [0.5, 0.6) is 0 Å². The van der Waals surface area contributed by atoms with E-state index in [0.717, 1.165) is 5.75 Å². The maximum absolute atomic E-state index is 11.3. The van der Waals surface area contributed by atoms with E-state index >= 15 is 0 Å². The summed E-state index contributed by atoms with van der Waals surface area (Å²) in [5.41, 5.74) is 0.812. The topological polar surface area (TPSA) is 66.6 Å². The molecule has 0 spiro atoms. The molecule has 0 aliphatic rings. The molecule has 6 heteroatoms. The average molecular weight is 265 g/mol. The first kappa shape index (κ1) is 12.8. The predicted octanol–water partition coefficient (Wildman–Crippen LogP) is 2.20. The molecule has 2 heterocycles. The quantitative estimate of drug-likeness (QED) is 0.867. The Hall–Kier alpha value is -1.69. The Bertz CT molecular complexity index is 567. The minimum Gasteiger partial charge on any atom is -0.476 e. The summed E-state index contributed by atoms with van der Waals surface area (Å²) in [4.78, 5) is 15.6. The van der Waals surface area contributed by atoms with Crippen LogP contribution in [-0.4, -0.2) is 38.5 Å². The van der Waals surface area contributed by atoms with Gasteiger partial charge in [-0.05, 0) is 25.3 Å². The zero-order chi connectivity index (χ0) is 13.1. The highest BCUT2D eigenvalue weighted by molar-refractivity contribution is 7.98. The monoisotopic (exact) mass is 265 g/mol. The van der Waals surface area contributed by atoms with Crippen LogP contribution in [0.25, 0.3) is 5.65 Å². The number of rotatable bonds is 5. The van der Waals surface area contributed by atoms with Gasteiger partial charge in [-0.2, -0.15) is 11.8 Å². The van der Waals surface area contributed by atoms with Gasteiger partial charge >= 0.3 is 5.97 Å².